The largest absolute Gasteiger partial charge is 0.334 e. The number of nitrogens with zero attached hydrogens (tertiary/aromatic N) is 5. The van der Waals surface area contributed by atoms with Crippen LogP contribution in [0.5, 0.6) is 0 Å². The molecule has 0 unspecified atom stereocenters. The molecule has 1 saturated heterocycles. The molecule has 0 atom stereocenters. The van der Waals surface area contributed by atoms with Crippen LogP contribution in [0.25, 0.3) is 20.7 Å². The number of nitrogens with one attached hydrogen (secondary N) is 1. The van der Waals surface area contributed by atoms with Crippen LogP contribution in [0.1, 0.15) is 35.7 Å². The maximum Gasteiger partial charge on any atom is 0.317 e. The Morgan fingerprint density at radius 2 is 1.97 bits per heavy atom. The summed E-state index contributed by atoms with van der Waals surface area (Å²) in [6, 6.07) is 8.21. The number of amides is 2. The number of thiophene rings is 1. The zero-order valence-electron chi connectivity index (χ0n) is 18.6. The molecule has 170 valence electrons. The second-order valence-corrected chi connectivity index (χ2v) is 9.48. The van der Waals surface area contributed by atoms with Crippen LogP contribution in [0.15, 0.2) is 42.9 Å². The summed E-state index contributed by atoms with van der Waals surface area (Å²) in [5, 5.41) is 7.39. The van der Waals surface area contributed by atoms with Crippen molar-refractivity contribution in [2.45, 2.75) is 32.2 Å². The van der Waals surface area contributed by atoms with Gasteiger partial charge in [0.2, 0.25) is 0 Å². The molecule has 2 amide bonds. The van der Waals surface area contributed by atoms with Gasteiger partial charge in [-0.3, -0.25) is 4.68 Å². The second-order valence-electron chi connectivity index (χ2n) is 8.43. The first-order valence-electron chi connectivity index (χ1n) is 11.0. The lowest BCUT2D eigenvalue weighted by molar-refractivity contribution is 0.180. The normalized spacial score (nSPS) is 14.7. The van der Waals surface area contributed by atoms with Gasteiger partial charge in [0.1, 0.15) is 12.1 Å². The lowest BCUT2D eigenvalue weighted by Gasteiger charge is -2.31. The van der Waals surface area contributed by atoms with Gasteiger partial charge in [-0.05, 0) is 43.5 Å². The Morgan fingerprint density at radius 3 is 2.67 bits per heavy atom. The molecule has 7 nitrogen and oxygen atoms in total. The van der Waals surface area contributed by atoms with Crippen LogP contribution >= 0.6 is 11.3 Å². The van der Waals surface area contributed by atoms with Crippen LogP contribution < -0.4 is 5.32 Å². The first kappa shape index (κ1) is 21.5. The van der Waals surface area contributed by atoms with Crippen molar-refractivity contribution < 1.29 is 9.18 Å². The lowest BCUT2D eigenvalue weighted by Crippen LogP contribution is -2.43. The molecule has 33 heavy (non-hydrogen) atoms. The number of hydrogen-bond donors (Lipinski definition) is 1. The number of benzene rings is 1. The molecule has 0 bridgehead atoms. The Kier molecular flexibility index (Phi) is 5.80. The molecule has 0 radical (unpaired) electrons. The number of aryl methyl sites for hydroxylation is 2. The van der Waals surface area contributed by atoms with Crippen LogP contribution in [0.2, 0.25) is 0 Å². The average molecular weight is 465 g/mol. The van der Waals surface area contributed by atoms with Gasteiger partial charge in [0, 0.05) is 49.2 Å². The molecule has 1 aliphatic rings. The zero-order valence-corrected chi connectivity index (χ0v) is 19.4. The predicted octanol–water partition coefficient (Wildman–Crippen LogP) is 4.63. The van der Waals surface area contributed by atoms with E-state index < -0.39 is 0 Å². The lowest BCUT2D eigenvalue weighted by atomic mass is 9.93. The van der Waals surface area contributed by atoms with E-state index in [9.17, 15) is 9.18 Å². The van der Waals surface area contributed by atoms with E-state index in [4.69, 9.17) is 0 Å². The summed E-state index contributed by atoms with van der Waals surface area (Å²) in [6.07, 6.45) is 5.40. The third kappa shape index (κ3) is 4.45. The van der Waals surface area contributed by atoms with Gasteiger partial charge in [-0.2, -0.15) is 5.10 Å². The second kappa shape index (κ2) is 8.90. The minimum Gasteiger partial charge on any atom is -0.334 e. The van der Waals surface area contributed by atoms with Crippen LogP contribution in [-0.4, -0.2) is 43.8 Å². The topological polar surface area (TPSA) is 75.9 Å². The third-order valence-corrected chi connectivity index (χ3v) is 7.32. The maximum absolute atomic E-state index is 13.0. The summed E-state index contributed by atoms with van der Waals surface area (Å²) in [6.45, 7) is 3.75. The molecule has 1 N–H and O–H groups in total. The molecule has 9 heteroatoms. The highest BCUT2D eigenvalue weighted by molar-refractivity contribution is 7.22. The fourth-order valence-corrected chi connectivity index (χ4v) is 5.63. The van der Waals surface area contributed by atoms with E-state index in [1.54, 1.807) is 29.8 Å². The maximum atomic E-state index is 13.0. The van der Waals surface area contributed by atoms with Crippen molar-refractivity contribution in [3.05, 3.63) is 65.6 Å². The van der Waals surface area contributed by atoms with Crippen LogP contribution in [0, 0.1) is 12.7 Å². The number of rotatable bonds is 4. The number of carbonyl (C=O) groups is 1. The number of carbonyl (C=O) groups excluding carboxylic acids is 1. The fourth-order valence-electron chi connectivity index (χ4n) is 4.39. The van der Waals surface area contributed by atoms with Gasteiger partial charge in [-0.25, -0.2) is 19.2 Å². The first-order valence-corrected chi connectivity index (χ1v) is 11.8. The van der Waals surface area contributed by atoms with E-state index >= 15 is 0 Å². The molecule has 4 heterocycles. The van der Waals surface area contributed by atoms with Gasteiger partial charge in [0.15, 0.2) is 0 Å². The van der Waals surface area contributed by atoms with Gasteiger partial charge in [-0.15, -0.1) is 11.3 Å². The van der Waals surface area contributed by atoms with Crippen LogP contribution in [0.4, 0.5) is 9.18 Å². The van der Waals surface area contributed by atoms with Crippen molar-refractivity contribution in [1.82, 2.24) is 30.0 Å². The molecular weight excluding hydrogens is 439 g/mol. The molecule has 3 aromatic heterocycles. The summed E-state index contributed by atoms with van der Waals surface area (Å²) >= 11 is 1.71. The monoisotopic (exact) mass is 464 g/mol. The van der Waals surface area contributed by atoms with Crippen molar-refractivity contribution in [3.63, 3.8) is 0 Å². The highest BCUT2D eigenvalue weighted by Crippen LogP contribution is 2.39. The minimum absolute atomic E-state index is 0.0870. The quantitative estimate of drug-likeness (QED) is 0.478. The van der Waals surface area contributed by atoms with E-state index in [2.05, 4.69) is 26.4 Å². The summed E-state index contributed by atoms with van der Waals surface area (Å²) < 4.78 is 16.0. The summed E-state index contributed by atoms with van der Waals surface area (Å²) in [4.78, 5) is 24.7. The first-order chi connectivity index (χ1) is 16.0. The highest BCUT2D eigenvalue weighted by atomic mass is 32.1. The minimum atomic E-state index is -0.278. The predicted molar refractivity (Wildman–Crippen MR) is 127 cm³/mol. The van der Waals surface area contributed by atoms with Crippen molar-refractivity contribution >= 4 is 27.6 Å². The fraction of sp³-hybridized carbons (Fsp3) is 0.333. The number of halogens is 1. The molecular formula is C24H25FN6OS. The van der Waals surface area contributed by atoms with Crippen molar-refractivity contribution in [2.75, 3.05) is 13.1 Å². The van der Waals surface area contributed by atoms with Gasteiger partial charge < -0.3 is 10.2 Å². The molecule has 0 saturated carbocycles. The number of piperidine rings is 1. The van der Waals surface area contributed by atoms with Gasteiger partial charge in [0.25, 0.3) is 0 Å². The summed E-state index contributed by atoms with van der Waals surface area (Å²) in [5.74, 6) is 0.0116. The standard InChI is InChI=1S/C24H25FN6OS/c1-15-19(13-30(2)29-15)21-11-20-23(33-21)22(28-14-27-20)17-7-9-31(10-8-17)24(32)26-12-16-3-5-18(25)6-4-16/h3-6,11,13-14,17H,7-10,12H2,1-2H3,(H,26,32). The molecule has 1 aromatic carbocycles. The van der Waals surface area contributed by atoms with Crippen molar-refractivity contribution in [2.24, 2.45) is 7.05 Å². The Balaban J connectivity index is 1.26. The number of urea groups is 1. The molecule has 0 spiro atoms. The van der Waals surface area contributed by atoms with E-state index in [1.165, 1.54) is 12.1 Å². The average Bonchev–Trinajstić information content (AvgIpc) is 3.40. The molecule has 5 rings (SSSR count). The Labute approximate surface area is 195 Å². The summed E-state index contributed by atoms with van der Waals surface area (Å²) in [7, 11) is 1.93. The molecule has 1 aliphatic heterocycles. The Morgan fingerprint density at radius 1 is 1.21 bits per heavy atom. The van der Waals surface area contributed by atoms with Crippen molar-refractivity contribution in [3.8, 4) is 10.4 Å². The molecule has 0 aliphatic carbocycles. The third-order valence-electron chi connectivity index (χ3n) is 6.14. The summed E-state index contributed by atoms with van der Waals surface area (Å²) in [5.41, 5.74) is 5.03. The SMILES string of the molecule is Cc1nn(C)cc1-c1cc2ncnc(C3CCN(C(=O)NCc4ccc(F)cc4)CC3)c2s1. The zero-order chi connectivity index (χ0) is 22.9. The van der Waals surface area contributed by atoms with Gasteiger partial charge in [-0.1, -0.05) is 12.1 Å². The van der Waals surface area contributed by atoms with E-state index in [1.807, 2.05) is 29.7 Å². The van der Waals surface area contributed by atoms with Crippen LogP contribution in [-0.2, 0) is 13.6 Å². The van der Waals surface area contributed by atoms with Crippen LogP contribution in [0.3, 0.4) is 0 Å². The number of fused-ring (bicyclic) bond motifs is 1. The molecule has 1 fully saturated rings. The smallest absolute Gasteiger partial charge is 0.317 e. The number of likely N-dealkylation sites (tertiary alicyclic amines) is 1. The number of hydrogen-bond acceptors (Lipinski definition) is 5. The van der Waals surface area contributed by atoms with Gasteiger partial charge in [0.05, 0.1) is 21.6 Å². The highest BCUT2D eigenvalue weighted by Gasteiger charge is 2.27. The van der Waals surface area contributed by atoms with E-state index in [0.29, 0.717) is 19.6 Å². The number of aromatic nitrogens is 4. The van der Waals surface area contributed by atoms with Gasteiger partial charge >= 0.3 is 6.03 Å². The molecule has 4 aromatic rings. The Bertz CT molecular complexity index is 1290. The van der Waals surface area contributed by atoms with E-state index in [-0.39, 0.29) is 17.8 Å². The van der Waals surface area contributed by atoms with E-state index in [0.717, 1.165) is 50.5 Å². The van der Waals surface area contributed by atoms with Crippen molar-refractivity contribution in [1.29, 1.82) is 0 Å². The Hall–Kier alpha value is -3.33.